The Labute approximate surface area is 272 Å². The van der Waals surface area contributed by atoms with Gasteiger partial charge >= 0.3 is 11.4 Å². The number of nitrogens with two attached hydrogens (primary N) is 2. The molecule has 248 valence electrons. The van der Waals surface area contributed by atoms with E-state index in [4.69, 9.17) is 30.4 Å². The minimum absolute atomic E-state index is 0.0931. The lowest BCUT2D eigenvalue weighted by Gasteiger charge is -2.20. The number of nitrogens with zero attached hydrogens (tertiary/aromatic N) is 2. The molecule has 0 saturated carbocycles. The summed E-state index contributed by atoms with van der Waals surface area (Å²) < 4.78 is 24.6. The Morgan fingerprint density at radius 2 is 1.33 bits per heavy atom. The van der Waals surface area contributed by atoms with Gasteiger partial charge in [-0.2, -0.15) is 0 Å². The molecular weight excluding hydrogens is 707 g/mol. The number of ether oxygens (including phenoxy) is 4. The fraction of sp³-hybridized carbons (Fsp3) is 0.571. The molecule has 45 heavy (non-hydrogen) atoms. The van der Waals surface area contributed by atoms with E-state index in [0.717, 1.165) is 0 Å². The van der Waals surface area contributed by atoms with Crippen molar-refractivity contribution in [2.45, 2.75) is 75.8 Å². The maximum Gasteiger partial charge on any atom is 0.330 e. The van der Waals surface area contributed by atoms with Crippen molar-refractivity contribution in [3.63, 3.8) is 0 Å². The number of hydrogen-bond donors (Lipinski definition) is 6. The van der Waals surface area contributed by atoms with E-state index in [1.165, 1.54) is 35.7 Å². The second-order valence-electron chi connectivity index (χ2n) is 9.60. The van der Waals surface area contributed by atoms with Gasteiger partial charge < -0.3 is 40.6 Å². The Kier molecular flexibility index (Phi) is 15.3. The van der Waals surface area contributed by atoms with Gasteiger partial charge in [0.2, 0.25) is 0 Å². The van der Waals surface area contributed by atoms with Crippen LogP contribution in [0.2, 0.25) is 0 Å². The summed E-state index contributed by atoms with van der Waals surface area (Å²) in [5, 5.41) is 20.2. The molecule has 2 fully saturated rings. The van der Waals surface area contributed by atoms with Crippen LogP contribution in [0.5, 0.6) is 0 Å². The summed E-state index contributed by atoms with van der Waals surface area (Å²) in [5.41, 5.74) is 7.90. The van der Waals surface area contributed by atoms with E-state index in [1.807, 2.05) is 36.4 Å². The van der Waals surface area contributed by atoms with Crippen LogP contribution in [0, 0.1) is 27.8 Å². The van der Waals surface area contributed by atoms with Gasteiger partial charge in [-0.05, 0) is 35.4 Å². The minimum Gasteiger partial charge on any atom is -0.388 e. The Morgan fingerprint density at radius 1 is 0.889 bits per heavy atom. The molecular formula is C28H39IN6O10. The SMILES string of the molecule is C#CCN.CC[C@H]1O[C@@H](n2cc(C#CCN)c(=O)[nH]c2=O)[C@@H](OC)C1O.CC[C@H]1O[C@@H](n2cc(I)c(=O)[nH]c2=O)[C@@H](OC)C1O. The molecule has 2 aromatic heterocycles. The van der Waals surface area contributed by atoms with Gasteiger partial charge in [0.15, 0.2) is 12.5 Å². The monoisotopic (exact) mass is 746 g/mol. The molecule has 4 rings (SSSR count). The number of aromatic nitrogens is 4. The Balaban J connectivity index is 0.000000283. The highest BCUT2D eigenvalue weighted by atomic mass is 127. The van der Waals surface area contributed by atoms with Crippen molar-refractivity contribution in [2.75, 3.05) is 27.3 Å². The molecule has 16 nitrogen and oxygen atoms in total. The summed E-state index contributed by atoms with van der Waals surface area (Å²) in [7, 11) is 2.87. The van der Waals surface area contributed by atoms with Crippen LogP contribution in [-0.4, -0.2) is 93.2 Å². The number of rotatable bonds is 6. The molecule has 0 radical (unpaired) electrons. The lowest BCUT2D eigenvalue weighted by atomic mass is 10.1. The summed E-state index contributed by atoms with van der Waals surface area (Å²) in [5.74, 6) is 7.36. The zero-order valence-corrected chi connectivity index (χ0v) is 27.4. The van der Waals surface area contributed by atoms with Crippen LogP contribution in [0.3, 0.4) is 0 Å². The summed E-state index contributed by atoms with van der Waals surface area (Å²) in [6, 6.07) is 0. The topological polar surface area (TPSA) is 239 Å². The second-order valence-corrected chi connectivity index (χ2v) is 10.8. The normalized spacial score (nSPS) is 26.8. The molecule has 2 aromatic rings. The van der Waals surface area contributed by atoms with Gasteiger partial charge in [0.25, 0.3) is 11.1 Å². The fourth-order valence-electron chi connectivity index (χ4n) is 4.63. The number of terminal acetylenes is 1. The lowest BCUT2D eigenvalue weighted by molar-refractivity contribution is -0.0544. The number of nitrogens with one attached hydrogen (secondary N) is 2. The largest absolute Gasteiger partial charge is 0.388 e. The Bertz CT molecular complexity index is 1600. The van der Waals surface area contributed by atoms with Crippen LogP contribution in [0.15, 0.2) is 31.6 Å². The molecule has 0 bridgehead atoms. The van der Waals surface area contributed by atoms with E-state index in [2.05, 4.69) is 34.2 Å². The van der Waals surface area contributed by atoms with E-state index in [9.17, 15) is 29.4 Å². The maximum atomic E-state index is 12.0. The highest BCUT2D eigenvalue weighted by Crippen LogP contribution is 2.32. The molecule has 17 heteroatoms. The fourth-order valence-corrected chi connectivity index (χ4v) is 5.06. The van der Waals surface area contributed by atoms with E-state index in [-0.39, 0.29) is 12.1 Å². The van der Waals surface area contributed by atoms with Crippen molar-refractivity contribution in [1.29, 1.82) is 0 Å². The smallest absolute Gasteiger partial charge is 0.330 e. The quantitative estimate of drug-likeness (QED) is 0.138. The van der Waals surface area contributed by atoms with Crippen molar-refractivity contribution in [3.05, 3.63) is 63.2 Å². The molecule has 4 heterocycles. The van der Waals surface area contributed by atoms with Crippen LogP contribution in [0.25, 0.3) is 0 Å². The predicted octanol–water partition coefficient (Wildman–Crippen LogP) is -2.07. The number of aliphatic hydroxyl groups excluding tert-OH is 2. The first-order chi connectivity index (χ1) is 21.4. The lowest BCUT2D eigenvalue weighted by Crippen LogP contribution is -2.39. The highest BCUT2D eigenvalue weighted by molar-refractivity contribution is 14.1. The van der Waals surface area contributed by atoms with Crippen molar-refractivity contribution in [2.24, 2.45) is 11.5 Å². The van der Waals surface area contributed by atoms with E-state index in [1.54, 1.807) is 0 Å². The standard InChI is InChI=1S/C14H19N3O5.C11H15IN2O5.C3H5N/c1-3-9-10(18)11(21-2)13(22-9)17-7-8(5-4-6-15)12(19)16-14(17)20;1-3-6-7(15)8(18-2)10(19-6)14-4-5(12)9(16)13-11(14)17;1-2-3-4/h7,9-11,13,18H,3,6,15H2,1-2H3,(H,16,19,20);4,6-8,10,15H,3H2,1-2H3,(H,13,16,17);1H,3-4H2/t9-,10?,11+,13-;6-,7?,8+,10-;/m11./s1. The number of halogens is 1. The van der Waals surface area contributed by atoms with Crippen molar-refractivity contribution in [3.8, 4) is 24.2 Å². The molecule has 8 N–H and O–H groups in total. The molecule has 2 unspecified atom stereocenters. The number of aliphatic hydroxyl groups is 2. The van der Waals surface area contributed by atoms with Crippen LogP contribution < -0.4 is 34.0 Å². The molecule has 0 aromatic carbocycles. The van der Waals surface area contributed by atoms with E-state index in [0.29, 0.717) is 23.0 Å². The third kappa shape index (κ3) is 9.22. The predicted molar refractivity (Wildman–Crippen MR) is 171 cm³/mol. The van der Waals surface area contributed by atoms with Crippen molar-refractivity contribution >= 4 is 22.6 Å². The summed E-state index contributed by atoms with van der Waals surface area (Å²) >= 11 is 1.83. The van der Waals surface area contributed by atoms with Gasteiger partial charge in [0.05, 0.1) is 28.9 Å². The average Bonchev–Trinajstić information content (AvgIpc) is 3.53. The van der Waals surface area contributed by atoms with Gasteiger partial charge in [-0.1, -0.05) is 31.6 Å². The number of H-pyrrole nitrogens is 2. The van der Waals surface area contributed by atoms with Crippen LogP contribution in [-0.2, 0) is 18.9 Å². The van der Waals surface area contributed by atoms with Crippen LogP contribution >= 0.6 is 22.6 Å². The van der Waals surface area contributed by atoms with Crippen molar-refractivity contribution in [1.82, 2.24) is 19.1 Å². The van der Waals surface area contributed by atoms with Crippen LogP contribution in [0.1, 0.15) is 44.7 Å². The molecule has 2 aliphatic heterocycles. The van der Waals surface area contributed by atoms with Crippen LogP contribution in [0.4, 0.5) is 0 Å². The second kappa shape index (κ2) is 18.1. The van der Waals surface area contributed by atoms with Gasteiger partial charge in [-0.25, -0.2) is 9.59 Å². The highest BCUT2D eigenvalue weighted by Gasteiger charge is 2.45. The summed E-state index contributed by atoms with van der Waals surface area (Å²) in [4.78, 5) is 51.3. The van der Waals surface area contributed by atoms with Gasteiger partial charge in [0.1, 0.15) is 30.0 Å². The molecule has 0 aliphatic carbocycles. The molecule has 0 spiro atoms. The molecule has 8 atom stereocenters. The Morgan fingerprint density at radius 3 is 1.73 bits per heavy atom. The molecule has 0 amide bonds. The van der Waals surface area contributed by atoms with E-state index >= 15 is 0 Å². The zero-order valence-electron chi connectivity index (χ0n) is 25.3. The molecule has 2 aliphatic rings. The summed E-state index contributed by atoms with van der Waals surface area (Å²) in [6.45, 7) is 4.18. The third-order valence-electron chi connectivity index (χ3n) is 6.86. The van der Waals surface area contributed by atoms with Gasteiger partial charge in [0, 0.05) is 26.6 Å². The first-order valence-corrected chi connectivity index (χ1v) is 14.9. The molecule has 2 saturated heterocycles. The first-order valence-electron chi connectivity index (χ1n) is 13.9. The zero-order chi connectivity index (χ0) is 33.8. The third-order valence-corrected chi connectivity index (χ3v) is 7.63. The van der Waals surface area contributed by atoms with Crippen molar-refractivity contribution < 1.29 is 29.2 Å². The minimum atomic E-state index is -0.864. The van der Waals surface area contributed by atoms with Gasteiger partial charge in [-0.15, -0.1) is 6.42 Å². The summed E-state index contributed by atoms with van der Waals surface area (Å²) in [6.07, 6.45) is 3.05. The maximum absolute atomic E-state index is 12.0. The average molecular weight is 747 g/mol. The first kappa shape index (κ1) is 38.1. The van der Waals surface area contributed by atoms with Gasteiger partial charge in [-0.3, -0.25) is 28.7 Å². The number of methoxy groups -OCH3 is 2. The Hall–Kier alpha value is -3.11. The number of hydrogen-bond acceptors (Lipinski definition) is 12. The number of aromatic amines is 2. The van der Waals surface area contributed by atoms with E-state index < -0.39 is 71.6 Å².